The van der Waals surface area contributed by atoms with Gasteiger partial charge in [0, 0.05) is 17.6 Å². The highest BCUT2D eigenvalue weighted by molar-refractivity contribution is 9.11. The number of halogens is 2. The Morgan fingerprint density at radius 2 is 2.00 bits per heavy atom. The van der Waals surface area contributed by atoms with Gasteiger partial charge in [-0.1, -0.05) is 0 Å². The first-order chi connectivity index (χ1) is 9.51. The molecule has 0 amide bonds. The maximum absolute atomic E-state index is 5.31. The van der Waals surface area contributed by atoms with Crippen LogP contribution in [-0.2, 0) is 6.54 Å². The third-order valence-corrected chi connectivity index (χ3v) is 5.21. The second kappa shape index (κ2) is 7.02. The average molecular weight is 420 g/mol. The van der Waals surface area contributed by atoms with Gasteiger partial charge in [-0.05, 0) is 63.4 Å². The largest absolute Gasteiger partial charge is 0.494 e. The van der Waals surface area contributed by atoms with Crippen molar-refractivity contribution in [3.63, 3.8) is 0 Å². The lowest BCUT2D eigenvalue weighted by Gasteiger charge is -2.13. The summed E-state index contributed by atoms with van der Waals surface area (Å²) in [5.41, 5.74) is 2.26. The highest BCUT2D eigenvalue weighted by Crippen LogP contribution is 2.34. The number of methoxy groups -OCH3 is 1. The second-order valence-electron chi connectivity index (χ2n) is 4.52. The molecule has 1 heterocycles. The lowest BCUT2D eigenvalue weighted by atomic mass is 10.2. The number of benzene rings is 1. The molecule has 1 aromatic heterocycles. The van der Waals surface area contributed by atoms with Crippen LogP contribution < -0.4 is 10.1 Å². The summed E-state index contributed by atoms with van der Waals surface area (Å²) < 4.78 is 7.20. The number of nitrogens with one attached hydrogen (secondary N) is 1. The molecule has 0 aliphatic rings. The Balaban J connectivity index is 2.04. The standard InChI is InChI=1S/C14H16Br2N2OS/c1-8-7-20-14(18-8)9(2)17-6-10-4-11(15)13(19-3)12(16)5-10/h4-5,7,9,17H,6H2,1-3H3. The van der Waals surface area contributed by atoms with Crippen molar-refractivity contribution in [3.05, 3.63) is 42.7 Å². The highest BCUT2D eigenvalue weighted by atomic mass is 79.9. The van der Waals surface area contributed by atoms with Crippen molar-refractivity contribution in [3.8, 4) is 5.75 Å². The van der Waals surface area contributed by atoms with Crippen LogP contribution in [0.15, 0.2) is 26.5 Å². The predicted molar refractivity (Wildman–Crippen MR) is 90.5 cm³/mol. The smallest absolute Gasteiger partial charge is 0.147 e. The number of aryl methyl sites for hydroxylation is 1. The van der Waals surface area contributed by atoms with Crippen molar-refractivity contribution in [2.45, 2.75) is 26.4 Å². The van der Waals surface area contributed by atoms with Gasteiger partial charge in [0.1, 0.15) is 10.8 Å². The minimum absolute atomic E-state index is 0.244. The van der Waals surface area contributed by atoms with Crippen LogP contribution in [0.4, 0.5) is 0 Å². The lowest BCUT2D eigenvalue weighted by Crippen LogP contribution is -2.18. The number of rotatable bonds is 5. The molecule has 1 atom stereocenters. The van der Waals surface area contributed by atoms with Crippen LogP contribution in [-0.4, -0.2) is 12.1 Å². The van der Waals surface area contributed by atoms with Crippen LogP contribution in [0, 0.1) is 6.92 Å². The van der Waals surface area contributed by atoms with E-state index in [-0.39, 0.29) is 6.04 Å². The van der Waals surface area contributed by atoms with E-state index in [4.69, 9.17) is 4.74 Å². The molecule has 0 saturated heterocycles. The van der Waals surface area contributed by atoms with Crippen LogP contribution in [0.3, 0.4) is 0 Å². The Kier molecular flexibility index (Phi) is 5.60. The van der Waals surface area contributed by atoms with E-state index >= 15 is 0 Å². The molecule has 2 rings (SSSR count). The molecule has 1 aromatic carbocycles. The molecule has 0 saturated carbocycles. The van der Waals surface area contributed by atoms with Gasteiger partial charge in [-0.25, -0.2) is 4.98 Å². The van der Waals surface area contributed by atoms with Crippen LogP contribution >= 0.6 is 43.2 Å². The number of hydrogen-bond donors (Lipinski definition) is 1. The first-order valence-electron chi connectivity index (χ1n) is 6.18. The Morgan fingerprint density at radius 3 is 2.50 bits per heavy atom. The summed E-state index contributed by atoms with van der Waals surface area (Å²) in [6, 6.07) is 4.38. The zero-order valence-corrected chi connectivity index (χ0v) is 15.5. The number of nitrogens with zero attached hydrogens (tertiary/aromatic N) is 1. The van der Waals surface area contributed by atoms with Crippen LogP contribution in [0.2, 0.25) is 0 Å². The van der Waals surface area contributed by atoms with Crippen molar-refractivity contribution in [1.82, 2.24) is 10.3 Å². The molecular formula is C14H16Br2N2OS. The number of thiazole rings is 1. The van der Waals surface area contributed by atoms with Gasteiger partial charge < -0.3 is 10.1 Å². The van der Waals surface area contributed by atoms with Gasteiger partial charge in [-0.3, -0.25) is 0 Å². The van der Waals surface area contributed by atoms with E-state index in [0.717, 1.165) is 31.9 Å². The molecule has 108 valence electrons. The Labute approximate surface area is 140 Å². The van der Waals surface area contributed by atoms with Gasteiger partial charge in [-0.2, -0.15) is 0 Å². The topological polar surface area (TPSA) is 34.1 Å². The lowest BCUT2D eigenvalue weighted by molar-refractivity contribution is 0.409. The summed E-state index contributed by atoms with van der Waals surface area (Å²) >= 11 is 8.73. The highest BCUT2D eigenvalue weighted by Gasteiger charge is 2.11. The van der Waals surface area contributed by atoms with Gasteiger partial charge in [0.2, 0.25) is 0 Å². The molecule has 0 bridgehead atoms. The first-order valence-corrected chi connectivity index (χ1v) is 8.65. The fourth-order valence-electron chi connectivity index (χ4n) is 1.84. The summed E-state index contributed by atoms with van der Waals surface area (Å²) in [5, 5.41) is 6.68. The molecule has 0 radical (unpaired) electrons. The molecule has 0 aliphatic heterocycles. The third-order valence-electron chi connectivity index (χ3n) is 2.88. The molecule has 6 heteroatoms. The molecule has 3 nitrogen and oxygen atoms in total. The molecule has 1 N–H and O–H groups in total. The van der Waals surface area contributed by atoms with E-state index in [1.165, 1.54) is 5.56 Å². The first kappa shape index (κ1) is 15.9. The van der Waals surface area contributed by atoms with Crippen molar-refractivity contribution in [2.75, 3.05) is 7.11 Å². The van der Waals surface area contributed by atoms with E-state index in [2.05, 4.69) is 66.6 Å². The molecule has 0 fully saturated rings. The van der Waals surface area contributed by atoms with Crippen molar-refractivity contribution in [2.24, 2.45) is 0 Å². The molecule has 2 aromatic rings. The van der Waals surface area contributed by atoms with Crippen molar-refractivity contribution < 1.29 is 4.74 Å². The Morgan fingerprint density at radius 1 is 1.35 bits per heavy atom. The summed E-state index contributed by atoms with van der Waals surface area (Å²) in [5.74, 6) is 0.817. The maximum atomic E-state index is 5.31. The molecule has 0 spiro atoms. The average Bonchev–Trinajstić information content (AvgIpc) is 2.82. The van der Waals surface area contributed by atoms with E-state index < -0.39 is 0 Å². The summed E-state index contributed by atoms with van der Waals surface area (Å²) in [6.45, 7) is 4.93. The van der Waals surface area contributed by atoms with Gasteiger partial charge in [0.25, 0.3) is 0 Å². The minimum atomic E-state index is 0.244. The van der Waals surface area contributed by atoms with Gasteiger partial charge in [-0.15, -0.1) is 11.3 Å². The third kappa shape index (κ3) is 3.81. The normalized spacial score (nSPS) is 12.4. The predicted octanol–water partition coefficient (Wildman–Crippen LogP) is 4.84. The van der Waals surface area contributed by atoms with Crippen molar-refractivity contribution >= 4 is 43.2 Å². The fraction of sp³-hybridized carbons (Fsp3) is 0.357. The van der Waals surface area contributed by atoms with E-state index in [1.807, 2.05) is 6.92 Å². The monoisotopic (exact) mass is 418 g/mol. The van der Waals surface area contributed by atoms with E-state index in [0.29, 0.717) is 0 Å². The number of hydrogen-bond acceptors (Lipinski definition) is 4. The van der Waals surface area contributed by atoms with E-state index in [9.17, 15) is 0 Å². The number of ether oxygens (including phenoxy) is 1. The molecule has 20 heavy (non-hydrogen) atoms. The summed E-state index contributed by atoms with van der Waals surface area (Å²) in [6.07, 6.45) is 0. The van der Waals surface area contributed by atoms with Crippen LogP contribution in [0.5, 0.6) is 5.75 Å². The van der Waals surface area contributed by atoms with Gasteiger partial charge >= 0.3 is 0 Å². The van der Waals surface area contributed by atoms with Crippen LogP contribution in [0.25, 0.3) is 0 Å². The molecular weight excluding hydrogens is 404 g/mol. The fourth-order valence-corrected chi connectivity index (χ4v) is 4.27. The summed E-state index contributed by atoms with van der Waals surface area (Å²) in [7, 11) is 1.66. The van der Waals surface area contributed by atoms with Gasteiger partial charge in [0.05, 0.1) is 22.1 Å². The summed E-state index contributed by atoms with van der Waals surface area (Å²) in [4.78, 5) is 4.50. The number of aromatic nitrogens is 1. The zero-order chi connectivity index (χ0) is 14.7. The SMILES string of the molecule is COc1c(Br)cc(CNC(C)c2nc(C)cs2)cc1Br. The van der Waals surface area contributed by atoms with Crippen molar-refractivity contribution in [1.29, 1.82) is 0 Å². The minimum Gasteiger partial charge on any atom is -0.494 e. The maximum Gasteiger partial charge on any atom is 0.147 e. The zero-order valence-electron chi connectivity index (χ0n) is 11.5. The van der Waals surface area contributed by atoms with Crippen LogP contribution in [0.1, 0.15) is 29.2 Å². The quantitative estimate of drug-likeness (QED) is 0.752. The van der Waals surface area contributed by atoms with E-state index in [1.54, 1.807) is 18.4 Å². The molecule has 1 unspecified atom stereocenters. The molecule has 0 aliphatic carbocycles. The Hall–Kier alpha value is -0.430. The van der Waals surface area contributed by atoms with Gasteiger partial charge in [0.15, 0.2) is 0 Å². The second-order valence-corrected chi connectivity index (χ2v) is 7.12. The Bertz CT molecular complexity index is 578.